The third-order valence-corrected chi connectivity index (χ3v) is 4.58. The molecule has 0 aliphatic rings. The minimum Gasteiger partial charge on any atom is -0.356 e. The van der Waals surface area contributed by atoms with Crippen LogP contribution in [0.15, 0.2) is 29.3 Å². The maximum absolute atomic E-state index is 4.46. The summed E-state index contributed by atoms with van der Waals surface area (Å²) in [5, 5.41) is 7.83. The number of nitrogens with one attached hydrogen (secondary N) is 2. The molecule has 0 saturated carbocycles. The van der Waals surface area contributed by atoms with E-state index in [2.05, 4.69) is 65.6 Å². The van der Waals surface area contributed by atoms with E-state index in [0.717, 1.165) is 36.2 Å². The van der Waals surface area contributed by atoms with Gasteiger partial charge >= 0.3 is 0 Å². The number of halogens is 1. The quantitative estimate of drug-likeness (QED) is 0.421. The number of hydrogen-bond donors (Lipinski definition) is 2. The van der Waals surface area contributed by atoms with E-state index in [1.165, 1.54) is 16.0 Å². The highest BCUT2D eigenvalue weighted by molar-refractivity contribution is 14.0. The van der Waals surface area contributed by atoms with Crippen LogP contribution in [-0.4, -0.2) is 24.5 Å². The third kappa shape index (κ3) is 6.47. The first kappa shape index (κ1) is 19.9. The van der Waals surface area contributed by atoms with Gasteiger partial charge in [0.25, 0.3) is 0 Å². The average molecular weight is 444 g/mol. The molecule has 126 valence electrons. The molecular weight excluding hydrogens is 419 g/mol. The minimum atomic E-state index is 0. The summed E-state index contributed by atoms with van der Waals surface area (Å²) < 4.78 is 0. The molecule has 4 nitrogen and oxygen atoms in total. The first-order chi connectivity index (χ1) is 10.6. The predicted octanol–water partition coefficient (Wildman–Crippen LogP) is 3.59. The number of thiazole rings is 1. The van der Waals surface area contributed by atoms with Gasteiger partial charge in [-0.1, -0.05) is 29.8 Å². The highest BCUT2D eigenvalue weighted by Gasteiger charge is 2.05. The fourth-order valence-corrected chi connectivity index (χ4v) is 3.15. The molecule has 2 aromatic rings. The van der Waals surface area contributed by atoms with E-state index in [1.54, 1.807) is 18.4 Å². The van der Waals surface area contributed by atoms with Crippen LogP contribution in [-0.2, 0) is 13.0 Å². The van der Waals surface area contributed by atoms with Crippen LogP contribution in [0.25, 0.3) is 0 Å². The van der Waals surface area contributed by atoms with Gasteiger partial charge in [0.05, 0.1) is 10.7 Å². The van der Waals surface area contributed by atoms with Crippen LogP contribution in [0.4, 0.5) is 0 Å². The van der Waals surface area contributed by atoms with Crippen molar-refractivity contribution in [3.63, 3.8) is 0 Å². The van der Waals surface area contributed by atoms with Crippen LogP contribution in [0, 0.1) is 20.8 Å². The zero-order chi connectivity index (χ0) is 15.9. The zero-order valence-corrected chi connectivity index (χ0v) is 17.3. The lowest BCUT2D eigenvalue weighted by Crippen LogP contribution is -2.37. The summed E-state index contributed by atoms with van der Waals surface area (Å²) in [7, 11) is 1.80. The van der Waals surface area contributed by atoms with Crippen LogP contribution >= 0.6 is 35.3 Å². The molecule has 0 amide bonds. The van der Waals surface area contributed by atoms with Gasteiger partial charge in [-0.3, -0.25) is 4.99 Å². The smallest absolute Gasteiger partial charge is 0.191 e. The highest BCUT2D eigenvalue weighted by Crippen LogP contribution is 2.16. The first-order valence-electron chi connectivity index (χ1n) is 7.51. The topological polar surface area (TPSA) is 49.3 Å². The SMILES string of the molecule is CN=C(NCCc1sc(C)nc1C)NCc1ccc(C)cc1.I. The lowest BCUT2D eigenvalue weighted by molar-refractivity contribution is 0.796. The molecular formula is C17H25IN4S. The van der Waals surface area contributed by atoms with Crippen molar-refractivity contribution >= 4 is 41.3 Å². The summed E-state index contributed by atoms with van der Waals surface area (Å²) in [6.07, 6.45) is 0.975. The Morgan fingerprint density at radius 2 is 1.83 bits per heavy atom. The number of nitrogens with zero attached hydrogens (tertiary/aromatic N) is 2. The molecule has 0 aliphatic heterocycles. The fraction of sp³-hybridized carbons (Fsp3) is 0.412. The van der Waals surface area contributed by atoms with Gasteiger partial charge in [-0.25, -0.2) is 4.98 Å². The number of guanidine groups is 1. The maximum atomic E-state index is 4.46. The number of rotatable bonds is 5. The van der Waals surface area contributed by atoms with E-state index in [9.17, 15) is 0 Å². The Hall–Kier alpha value is -1.15. The predicted molar refractivity (Wildman–Crippen MR) is 110 cm³/mol. The monoisotopic (exact) mass is 444 g/mol. The molecule has 2 N–H and O–H groups in total. The van der Waals surface area contributed by atoms with Gasteiger partial charge in [-0.15, -0.1) is 35.3 Å². The van der Waals surface area contributed by atoms with Crippen molar-refractivity contribution in [2.45, 2.75) is 33.7 Å². The first-order valence-corrected chi connectivity index (χ1v) is 8.33. The van der Waals surface area contributed by atoms with Crippen molar-refractivity contribution in [1.82, 2.24) is 15.6 Å². The second-order valence-corrected chi connectivity index (χ2v) is 6.62. The van der Waals surface area contributed by atoms with Gasteiger partial charge in [0.2, 0.25) is 0 Å². The largest absolute Gasteiger partial charge is 0.356 e. The number of hydrogen-bond acceptors (Lipinski definition) is 3. The fourth-order valence-electron chi connectivity index (χ4n) is 2.21. The number of aromatic nitrogens is 1. The van der Waals surface area contributed by atoms with Crippen molar-refractivity contribution in [1.29, 1.82) is 0 Å². The molecule has 1 heterocycles. The van der Waals surface area contributed by atoms with Crippen molar-refractivity contribution in [2.24, 2.45) is 4.99 Å². The Bertz CT molecular complexity index is 635. The second-order valence-electron chi connectivity index (χ2n) is 5.33. The summed E-state index contributed by atoms with van der Waals surface area (Å²) >= 11 is 1.77. The molecule has 2 rings (SSSR count). The molecule has 0 saturated heterocycles. The number of aliphatic imine (C=N–C) groups is 1. The third-order valence-electron chi connectivity index (χ3n) is 3.45. The normalized spacial score (nSPS) is 11.0. The number of benzene rings is 1. The Kier molecular flexibility index (Phi) is 8.54. The molecule has 0 atom stereocenters. The van der Waals surface area contributed by atoms with Gasteiger partial charge in [0.1, 0.15) is 0 Å². The molecule has 1 aromatic carbocycles. The van der Waals surface area contributed by atoms with Crippen LogP contribution in [0.2, 0.25) is 0 Å². The van der Waals surface area contributed by atoms with E-state index in [4.69, 9.17) is 0 Å². The Morgan fingerprint density at radius 3 is 2.39 bits per heavy atom. The second kappa shape index (κ2) is 9.87. The minimum absolute atomic E-state index is 0. The van der Waals surface area contributed by atoms with Crippen molar-refractivity contribution in [2.75, 3.05) is 13.6 Å². The molecule has 1 aromatic heterocycles. The van der Waals surface area contributed by atoms with E-state index in [0.29, 0.717) is 0 Å². The Balaban J connectivity index is 0.00000264. The van der Waals surface area contributed by atoms with Crippen LogP contribution < -0.4 is 10.6 Å². The standard InChI is InChI=1S/C17H24N4S.HI/c1-12-5-7-15(8-6-12)11-20-17(18-4)19-10-9-16-13(2)21-14(3)22-16;/h5-8H,9-11H2,1-4H3,(H2,18,19,20);1H. The Morgan fingerprint density at radius 1 is 1.13 bits per heavy atom. The van der Waals surface area contributed by atoms with Crippen molar-refractivity contribution in [3.8, 4) is 0 Å². The highest BCUT2D eigenvalue weighted by atomic mass is 127. The molecule has 0 aliphatic carbocycles. The Labute approximate surface area is 159 Å². The van der Waals surface area contributed by atoms with Crippen LogP contribution in [0.1, 0.15) is 26.7 Å². The van der Waals surface area contributed by atoms with E-state index >= 15 is 0 Å². The lowest BCUT2D eigenvalue weighted by Gasteiger charge is -2.11. The summed E-state index contributed by atoms with van der Waals surface area (Å²) in [5.74, 6) is 0.833. The molecule has 0 fully saturated rings. The summed E-state index contributed by atoms with van der Waals surface area (Å²) in [6, 6.07) is 8.53. The maximum Gasteiger partial charge on any atom is 0.191 e. The van der Waals surface area contributed by atoms with Crippen molar-refractivity contribution < 1.29 is 0 Å². The summed E-state index contributed by atoms with van der Waals surface area (Å²) in [5.41, 5.74) is 3.68. The molecule has 0 radical (unpaired) electrons. The van der Waals surface area contributed by atoms with Crippen LogP contribution in [0.5, 0.6) is 0 Å². The van der Waals surface area contributed by atoms with Gasteiger partial charge in [0.15, 0.2) is 5.96 Å². The summed E-state index contributed by atoms with van der Waals surface area (Å²) in [4.78, 5) is 10.1. The van der Waals surface area contributed by atoms with Gasteiger partial charge in [-0.2, -0.15) is 0 Å². The summed E-state index contributed by atoms with van der Waals surface area (Å²) in [6.45, 7) is 7.86. The molecule has 6 heteroatoms. The van der Waals surface area contributed by atoms with E-state index < -0.39 is 0 Å². The van der Waals surface area contributed by atoms with Gasteiger partial charge in [-0.05, 0) is 26.3 Å². The van der Waals surface area contributed by atoms with E-state index in [1.807, 2.05) is 0 Å². The zero-order valence-electron chi connectivity index (χ0n) is 14.1. The van der Waals surface area contributed by atoms with Crippen LogP contribution in [0.3, 0.4) is 0 Å². The van der Waals surface area contributed by atoms with E-state index in [-0.39, 0.29) is 24.0 Å². The molecule has 0 bridgehead atoms. The lowest BCUT2D eigenvalue weighted by atomic mass is 10.1. The molecule has 0 spiro atoms. The molecule has 23 heavy (non-hydrogen) atoms. The van der Waals surface area contributed by atoms with Gasteiger partial charge in [0, 0.05) is 31.4 Å². The number of aryl methyl sites for hydroxylation is 3. The van der Waals surface area contributed by atoms with Crippen molar-refractivity contribution in [3.05, 3.63) is 51.0 Å². The molecule has 0 unspecified atom stereocenters. The average Bonchev–Trinajstić information content (AvgIpc) is 2.82. The van der Waals surface area contributed by atoms with Gasteiger partial charge < -0.3 is 10.6 Å².